The van der Waals surface area contributed by atoms with Crippen LogP contribution in [0.15, 0.2) is 0 Å². The Balaban J connectivity index is 1.94. The van der Waals surface area contributed by atoms with Crippen molar-refractivity contribution in [3.8, 4) is 0 Å². The molecule has 4 heteroatoms. The molecule has 2 nitrogen and oxygen atoms in total. The van der Waals surface area contributed by atoms with E-state index in [4.69, 9.17) is 10.7 Å². The number of nitrogens with zero attached hydrogens (tertiary/aromatic N) is 1. The molecule has 0 saturated carbocycles. The van der Waals surface area contributed by atoms with Crippen molar-refractivity contribution in [2.24, 2.45) is 5.73 Å². The van der Waals surface area contributed by atoms with Gasteiger partial charge in [-0.05, 0) is 44.3 Å². The molecule has 2 N–H and O–H groups in total. The maximum absolute atomic E-state index is 6.66. The van der Waals surface area contributed by atoms with Crippen LogP contribution in [0, 0.1) is 0 Å². The average Bonchev–Trinajstić information content (AvgIpc) is 2.77. The highest BCUT2D eigenvalue weighted by Crippen LogP contribution is 2.42. The Bertz CT molecular complexity index is 392. The van der Waals surface area contributed by atoms with Gasteiger partial charge in [-0.2, -0.15) is 11.8 Å². The summed E-state index contributed by atoms with van der Waals surface area (Å²) in [5.74, 6) is 1.26. The summed E-state index contributed by atoms with van der Waals surface area (Å²) in [6, 6.07) is 0. The zero-order valence-corrected chi connectivity index (χ0v) is 12.0. The quantitative estimate of drug-likeness (QED) is 0.850. The molecular formula is C13H20N2S2. The van der Waals surface area contributed by atoms with E-state index in [1.165, 1.54) is 53.4 Å². The second-order valence-electron chi connectivity index (χ2n) is 5.25. The second kappa shape index (κ2) is 4.56. The van der Waals surface area contributed by atoms with Crippen molar-refractivity contribution in [1.82, 2.24) is 4.98 Å². The Morgan fingerprint density at radius 2 is 2.12 bits per heavy atom. The Morgan fingerprint density at radius 3 is 2.88 bits per heavy atom. The van der Waals surface area contributed by atoms with Gasteiger partial charge < -0.3 is 5.73 Å². The number of fused-ring (bicyclic) bond motifs is 1. The van der Waals surface area contributed by atoms with Crippen molar-refractivity contribution in [2.45, 2.75) is 56.2 Å². The van der Waals surface area contributed by atoms with Crippen LogP contribution in [0.2, 0.25) is 0 Å². The van der Waals surface area contributed by atoms with E-state index in [1.54, 1.807) is 0 Å². The van der Waals surface area contributed by atoms with Crippen LogP contribution in [-0.4, -0.2) is 16.0 Å². The lowest BCUT2D eigenvalue weighted by Gasteiger charge is -2.37. The van der Waals surface area contributed by atoms with Gasteiger partial charge in [0.15, 0.2) is 0 Å². The van der Waals surface area contributed by atoms with Gasteiger partial charge in [-0.3, -0.25) is 0 Å². The van der Waals surface area contributed by atoms with Gasteiger partial charge in [0.05, 0.1) is 11.2 Å². The van der Waals surface area contributed by atoms with E-state index in [-0.39, 0.29) is 5.54 Å². The summed E-state index contributed by atoms with van der Waals surface area (Å²) in [4.78, 5) is 6.39. The lowest BCUT2D eigenvalue weighted by Crippen LogP contribution is -2.47. The summed E-state index contributed by atoms with van der Waals surface area (Å²) in [5, 5.41) is 1.72. The molecule has 1 aromatic heterocycles. The Kier molecular flexibility index (Phi) is 3.22. The van der Waals surface area contributed by atoms with Crippen molar-refractivity contribution in [3.05, 3.63) is 15.6 Å². The molecule has 3 rings (SSSR count). The number of thioether (sulfide) groups is 1. The number of thiazole rings is 1. The highest BCUT2D eigenvalue weighted by atomic mass is 32.2. The minimum Gasteiger partial charge on any atom is -0.319 e. The molecule has 0 aromatic carbocycles. The molecule has 1 aliphatic carbocycles. The van der Waals surface area contributed by atoms with Crippen LogP contribution in [0.4, 0.5) is 0 Å². The first kappa shape index (κ1) is 12.0. The zero-order chi connectivity index (χ0) is 11.9. The fraction of sp³-hybridized carbons (Fsp3) is 0.769. The average molecular weight is 268 g/mol. The van der Waals surface area contributed by atoms with Crippen LogP contribution in [0.5, 0.6) is 0 Å². The second-order valence-corrected chi connectivity index (χ2v) is 7.79. The highest BCUT2D eigenvalue weighted by molar-refractivity contribution is 8.00. The van der Waals surface area contributed by atoms with Crippen molar-refractivity contribution in [2.75, 3.05) is 5.75 Å². The van der Waals surface area contributed by atoms with E-state index in [0.29, 0.717) is 5.25 Å². The predicted octanol–water partition coefficient (Wildman–Crippen LogP) is 3.09. The first-order valence-electron chi connectivity index (χ1n) is 6.60. The number of aromatic nitrogens is 1. The number of hydrogen-bond acceptors (Lipinski definition) is 4. The normalized spacial score (nSPS) is 33.4. The zero-order valence-electron chi connectivity index (χ0n) is 10.4. The largest absolute Gasteiger partial charge is 0.319 e. The van der Waals surface area contributed by atoms with Gasteiger partial charge in [-0.25, -0.2) is 4.98 Å². The van der Waals surface area contributed by atoms with Crippen LogP contribution in [0.3, 0.4) is 0 Å². The lowest BCUT2D eigenvalue weighted by molar-refractivity contribution is 0.388. The van der Waals surface area contributed by atoms with E-state index in [2.05, 4.69) is 6.92 Å². The highest BCUT2D eigenvalue weighted by Gasteiger charge is 2.39. The van der Waals surface area contributed by atoms with Crippen molar-refractivity contribution in [1.29, 1.82) is 0 Å². The molecular weight excluding hydrogens is 248 g/mol. The molecule has 1 aliphatic heterocycles. The molecule has 2 aliphatic rings. The van der Waals surface area contributed by atoms with Crippen LogP contribution in [0.25, 0.3) is 0 Å². The summed E-state index contributed by atoms with van der Waals surface area (Å²) in [7, 11) is 0. The third-order valence-corrected chi connectivity index (χ3v) is 6.87. The summed E-state index contributed by atoms with van der Waals surface area (Å²) in [6.45, 7) is 2.27. The fourth-order valence-corrected chi connectivity index (χ4v) is 5.44. The molecule has 0 amide bonds. The molecule has 0 spiro atoms. The summed E-state index contributed by atoms with van der Waals surface area (Å²) >= 11 is 3.90. The molecule has 0 radical (unpaired) electrons. The lowest BCUT2D eigenvalue weighted by atomic mass is 9.91. The van der Waals surface area contributed by atoms with Gasteiger partial charge in [0.25, 0.3) is 0 Å². The van der Waals surface area contributed by atoms with Crippen molar-refractivity contribution in [3.63, 3.8) is 0 Å². The SMILES string of the molecule is CC1SCCCC1(N)c1nc2c(s1)CCCC2. The fourth-order valence-electron chi connectivity index (χ4n) is 2.81. The van der Waals surface area contributed by atoms with E-state index in [9.17, 15) is 0 Å². The van der Waals surface area contributed by atoms with Crippen molar-refractivity contribution < 1.29 is 0 Å². The van der Waals surface area contributed by atoms with E-state index in [0.717, 1.165) is 6.42 Å². The molecule has 1 fully saturated rings. The number of nitrogens with two attached hydrogens (primary N) is 1. The maximum Gasteiger partial charge on any atom is 0.114 e. The monoisotopic (exact) mass is 268 g/mol. The van der Waals surface area contributed by atoms with Crippen molar-refractivity contribution >= 4 is 23.1 Å². The van der Waals surface area contributed by atoms with Gasteiger partial charge in [-0.1, -0.05) is 6.92 Å². The van der Waals surface area contributed by atoms with Gasteiger partial charge in [-0.15, -0.1) is 11.3 Å². The smallest absolute Gasteiger partial charge is 0.114 e. The molecule has 2 unspecified atom stereocenters. The maximum atomic E-state index is 6.66. The molecule has 17 heavy (non-hydrogen) atoms. The Morgan fingerprint density at radius 1 is 1.29 bits per heavy atom. The summed E-state index contributed by atoms with van der Waals surface area (Å²) in [5.41, 5.74) is 7.85. The molecule has 2 heterocycles. The molecule has 0 bridgehead atoms. The van der Waals surface area contributed by atoms with E-state index < -0.39 is 0 Å². The number of hydrogen-bond donors (Lipinski definition) is 1. The van der Waals surface area contributed by atoms with Crippen LogP contribution in [0.1, 0.15) is 48.2 Å². The minimum absolute atomic E-state index is 0.162. The Hall–Kier alpha value is -0.0600. The molecule has 1 saturated heterocycles. The number of rotatable bonds is 1. The molecule has 94 valence electrons. The Labute approximate surface area is 111 Å². The van der Waals surface area contributed by atoms with Gasteiger partial charge in [0, 0.05) is 10.1 Å². The topological polar surface area (TPSA) is 38.9 Å². The first-order valence-corrected chi connectivity index (χ1v) is 8.46. The van der Waals surface area contributed by atoms with Crippen LogP contribution < -0.4 is 5.73 Å². The van der Waals surface area contributed by atoms with Gasteiger partial charge >= 0.3 is 0 Å². The standard InChI is InChI=1S/C13H20N2S2/c1-9-13(14,7-4-8-16-9)12-15-10-5-2-3-6-11(10)17-12/h9H,2-8,14H2,1H3. The summed E-state index contributed by atoms with van der Waals surface area (Å²) in [6.07, 6.45) is 7.37. The van der Waals surface area contributed by atoms with E-state index in [1.807, 2.05) is 23.1 Å². The minimum atomic E-state index is -0.162. The third-order valence-electron chi connectivity index (χ3n) is 4.07. The van der Waals surface area contributed by atoms with Crippen LogP contribution >= 0.6 is 23.1 Å². The molecule has 2 atom stereocenters. The first-order chi connectivity index (χ1) is 8.20. The van der Waals surface area contributed by atoms with Gasteiger partial charge in [0.2, 0.25) is 0 Å². The predicted molar refractivity (Wildman–Crippen MR) is 75.8 cm³/mol. The van der Waals surface area contributed by atoms with Gasteiger partial charge in [0.1, 0.15) is 5.01 Å². The van der Waals surface area contributed by atoms with E-state index >= 15 is 0 Å². The summed E-state index contributed by atoms with van der Waals surface area (Å²) < 4.78 is 0. The molecule has 1 aromatic rings. The third kappa shape index (κ3) is 2.04. The number of aryl methyl sites for hydroxylation is 2. The van der Waals surface area contributed by atoms with Crippen LogP contribution in [-0.2, 0) is 18.4 Å².